The average molecular weight is 493 g/mol. The highest BCUT2D eigenvalue weighted by Crippen LogP contribution is 2.34. The molecule has 2 aromatic rings. The zero-order valence-electron chi connectivity index (χ0n) is 16.5. The molecule has 1 aliphatic heterocycles. The second-order valence-corrected chi connectivity index (χ2v) is 8.50. The van der Waals surface area contributed by atoms with Gasteiger partial charge in [-0.15, -0.1) is 0 Å². The van der Waals surface area contributed by atoms with E-state index in [0.717, 1.165) is 5.69 Å². The Labute approximate surface area is 195 Å². The zero-order valence-corrected chi connectivity index (χ0v) is 19.6. The van der Waals surface area contributed by atoms with E-state index >= 15 is 0 Å². The van der Waals surface area contributed by atoms with Crippen molar-refractivity contribution in [2.24, 2.45) is 0 Å². The fourth-order valence-corrected chi connectivity index (χ4v) is 3.06. The number of amides is 3. The summed E-state index contributed by atoms with van der Waals surface area (Å²) < 4.78 is 5.52. The van der Waals surface area contributed by atoms with Crippen molar-refractivity contribution in [1.82, 2.24) is 4.90 Å². The van der Waals surface area contributed by atoms with Crippen molar-refractivity contribution in [3.8, 4) is 5.75 Å². The maximum absolute atomic E-state index is 11.9. The van der Waals surface area contributed by atoms with Crippen molar-refractivity contribution in [3.05, 3.63) is 52.5 Å². The predicted octanol–water partition coefficient (Wildman–Crippen LogP) is 5.69. The Morgan fingerprint density at radius 1 is 1.13 bits per heavy atom. The first kappa shape index (κ1) is 24.4. The van der Waals surface area contributed by atoms with Gasteiger partial charge in [0.25, 0.3) is 5.91 Å². The van der Waals surface area contributed by atoms with Gasteiger partial charge in [0.15, 0.2) is 4.84 Å². The summed E-state index contributed by atoms with van der Waals surface area (Å²) >= 11 is 22.8. The summed E-state index contributed by atoms with van der Waals surface area (Å²) in [6.07, 6.45) is 0. The molecule has 0 aromatic heterocycles. The molecule has 30 heavy (non-hydrogen) atoms. The number of halogens is 4. The van der Waals surface area contributed by atoms with Gasteiger partial charge in [-0.3, -0.25) is 4.79 Å². The van der Waals surface area contributed by atoms with Crippen LogP contribution < -0.4 is 15.0 Å². The molecule has 1 atom stereocenters. The summed E-state index contributed by atoms with van der Waals surface area (Å²) in [5, 5.41) is 3.54. The van der Waals surface area contributed by atoms with E-state index in [2.05, 4.69) is 5.32 Å². The molecular formula is C20H21Cl4N3O3. The van der Waals surface area contributed by atoms with E-state index in [0.29, 0.717) is 28.1 Å². The number of carbonyl (C=O) groups is 2. The number of alkyl halides is 2. The number of urea groups is 1. The van der Waals surface area contributed by atoms with E-state index in [4.69, 9.17) is 51.1 Å². The molecule has 0 spiro atoms. The van der Waals surface area contributed by atoms with Crippen LogP contribution in [0.1, 0.15) is 6.92 Å². The monoisotopic (exact) mass is 491 g/mol. The summed E-state index contributed by atoms with van der Waals surface area (Å²) in [5.41, 5.74) is 1.34. The fraction of sp³-hybridized carbons (Fsp3) is 0.300. The van der Waals surface area contributed by atoms with Crippen LogP contribution in [0.3, 0.4) is 0 Å². The Morgan fingerprint density at radius 2 is 1.80 bits per heavy atom. The lowest BCUT2D eigenvalue weighted by atomic mass is 10.1. The number of nitrogens with zero attached hydrogens (tertiary/aromatic N) is 2. The molecule has 162 valence electrons. The normalized spacial score (nSPS) is 14.8. The maximum Gasteiger partial charge on any atom is 0.321 e. The molecule has 1 N–H and O–H groups in total. The van der Waals surface area contributed by atoms with Gasteiger partial charge in [-0.1, -0.05) is 58.5 Å². The first-order chi connectivity index (χ1) is 14.1. The molecule has 0 saturated carbocycles. The lowest BCUT2D eigenvalue weighted by molar-refractivity contribution is -0.117. The molecule has 2 aromatic carbocycles. The number of fused-ring (bicyclic) bond motifs is 1. The third-order valence-electron chi connectivity index (χ3n) is 4.05. The van der Waals surface area contributed by atoms with Crippen molar-refractivity contribution in [3.63, 3.8) is 0 Å². The van der Waals surface area contributed by atoms with E-state index < -0.39 is 4.84 Å². The molecule has 3 amide bonds. The quantitative estimate of drug-likeness (QED) is 0.547. The van der Waals surface area contributed by atoms with Crippen LogP contribution >= 0.6 is 46.4 Å². The molecule has 0 aliphatic carbocycles. The predicted molar refractivity (Wildman–Crippen MR) is 124 cm³/mol. The first-order valence-electron chi connectivity index (χ1n) is 8.88. The number of para-hydroxylation sites is 2. The molecule has 1 heterocycles. The van der Waals surface area contributed by atoms with Crippen LogP contribution in [0.2, 0.25) is 10.0 Å². The Hall–Kier alpha value is -1.86. The maximum atomic E-state index is 11.9. The first-order valence-corrected chi connectivity index (χ1v) is 10.5. The van der Waals surface area contributed by atoms with Crippen molar-refractivity contribution in [2.45, 2.75) is 17.8 Å². The topological polar surface area (TPSA) is 61.9 Å². The van der Waals surface area contributed by atoms with Gasteiger partial charge in [0, 0.05) is 19.8 Å². The highest BCUT2D eigenvalue weighted by atomic mass is 35.5. The van der Waals surface area contributed by atoms with E-state index in [-0.39, 0.29) is 18.0 Å². The third kappa shape index (κ3) is 6.32. The smallest absolute Gasteiger partial charge is 0.321 e. The van der Waals surface area contributed by atoms with Crippen molar-refractivity contribution in [2.75, 3.05) is 30.9 Å². The summed E-state index contributed by atoms with van der Waals surface area (Å²) in [5.74, 6) is 0.370. The summed E-state index contributed by atoms with van der Waals surface area (Å²) in [4.78, 5) is 25.1. The summed E-state index contributed by atoms with van der Waals surface area (Å²) in [7, 11) is 3.32. The van der Waals surface area contributed by atoms with Crippen LogP contribution in [-0.2, 0) is 4.79 Å². The minimum Gasteiger partial charge on any atom is -0.489 e. The number of hydrogen-bond donors (Lipinski definition) is 1. The van der Waals surface area contributed by atoms with Crippen molar-refractivity contribution in [1.29, 1.82) is 0 Å². The van der Waals surface area contributed by atoms with Gasteiger partial charge < -0.3 is 19.9 Å². The highest BCUT2D eigenvalue weighted by molar-refractivity contribution is 6.54. The minimum absolute atomic E-state index is 0.0672. The molecule has 3 rings (SSSR count). The Morgan fingerprint density at radius 3 is 2.40 bits per heavy atom. The SMILES string of the molecule is CC1COc2ccccc2N1C(=O)C(Cl)Cl.CN(C)C(=O)Nc1ccc(Cl)c(Cl)c1. The van der Waals surface area contributed by atoms with Gasteiger partial charge in [0.1, 0.15) is 12.4 Å². The third-order valence-corrected chi connectivity index (χ3v) is 5.16. The minimum atomic E-state index is -1.05. The van der Waals surface area contributed by atoms with E-state index in [9.17, 15) is 9.59 Å². The number of benzene rings is 2. The zero-order chi connectivity index (χ0) is 22.4. The average Bonchev–Trinajstić information content (AvgIpc) is 2.70. The molecule has 0 radical (unpaired) electrons. The van der Waals surface area contributed by atoms with E-state index in [1.807, 2.05) is 31.2 Å². The molecule has 10 heteroatoms. The van der Waals surface area contributed by atoms with Gasteiger partial charge in [0.2, 0.25) is 0 Å². The standard InChI is InChI=1S/C11H11Cl2NO2.C9H10Cl2N2O/c1-7-6-16-9-5-3-2-4-8(9)14(7)11(15)10(12)13;1-13(2)9(14)12-6-3-4-7(10)8(11)5-6/h2-5,7,10H,6H2,1H3;3-5H,1-2H3,(H,12,14). The molecule has 1 unspecified atom stereocenters. The van der Waals surface area contributed by atoms with Gasteiger partial charge in [-0.05, 0) is 37.3 Å². The number of ether oxygens (including phenoxy) is 1. The number of nitrogens with one attached hydrogen (secondary N) is 1. The number of anilines is 2. The van der Waals surface area contributed by atoms with Gasteiger partial charge in [-0.25, -0.2) is 4.79 Å². The highest BCUT2D eigenvalue weighted by Gasteiger charge is 2.31. The van der Waals surface area contributed by atoms with E-state index in [1.165, 1.54) is 4.90 Å². The summed E-state index contributed by atoms with van der Waals surface area (Å²) in [6.45, 7) is 2.34. The van der Waals surface area contributed by atoms with Gasteiger partial charge >= 0.3 is 6.03 Å². The van der Waals surface area contributed by atoms with Crippen LogP contribution in [0.5, 0.6) is 5.75 Å². The largest absolute Gasteiger partial charge is 0.489 e. The molecule has 0 bridgehead atoms. The second kappa shape index (κ2) is 11.0. The van der Waals surface area contributed by atoms with Crippen LogP contribution in [0, 0.1) is 0 Å². The van der Waals surface area contributed by atoms with E-state index in [1.54, 1.807) is 37.2 Å². The summed E-state index contributed by atoms with van der Waals surface area (Å²) in [6, 6.07) is 12.0. The molecule has 0 fully saturated rings. The Balaban J connectivity index is 0.000000216. The number of carbonyl (C=O) groups excluding carboxylic acids is 2. The Bertz CT molecular complexity index is 909. The molecule has 0 saturated heterocycles. The van der Waals surface area contributed by atoms with Crippen LogP contribution in [0.25, 0.3) is 0 Å². The Kier molecular flexibility index (Phi) is 8.92. The lowest BCUT2D eigenvalue weighted by Crippen LogP contribution is -2.47. The number of rotatable bonds is 2. The van der Waals surface area contributed by atoms with Gasteiger partial charge in [-0.2, -0.15) is 0 Å². The van der Waals surface area contributed by atoms with Gasteiger partial charge in [0.05, 0.1) is 21.8 Å². The molecule has 6 nitrogen and oxygen atoms in total. The van der Waals surface area contributed by atoms with Crippen LogP contribution in [0.15, 0.2) is 42.5 Å². The molecular weight excluding hydrogens is 472 g/mol. The number of hydrogen-bond acceptors (Lipinski definition) is 3. The fourth-order valence-electron chi connectivity index (χ4n) is 2.55. The van der Waals surface area contributed by atoms with Crippen molar-refractivity contribution < 1.29 is 14.3 Å². The van der Waals surface area contributed by atoms with Crippen molar-refractivity contribution >= 4 is 69.7 Å². The molecule has 1 aliphatic rings. The van der Waals surface area contributed by atoms with Crippen LogP contribution in [0.4, 0.5) is 16.2 Å². The lowest BCUT2D eigenvalue weighted by Gasteiger charge is -2.35. The van der Waals surface area contributed by atoms with Crippen LogP contribution in [-0.4, -0.2) is 48.4 Å². The second-order valence-electron chi connectivity index (χ2n) is 6.59.